The number of carbonyl (C=O) groups is 2. The van der Waals surface area contributed by atoms with Gasteiger partial charge in [0.25, 0.3) is 0 Å². The summed E-state index contributed by atoms with van der Waals surface area (Å²) in [5.74, 6) is 0.478. The lowest BCUT2D eigenvalue weighted by Crippen LogP contribution is -2.33. The molecule has 0 bridgehead atoms. The van der Waals surface area contributed by atoms with Crippen LogP contribution in [0.25, 0.3) is 0 Å². The fraction of sp³-hybridized carbons (Fsp3) is 0.750. The van der Waals surface area contributed by atoms with E-state index in [0.717, 1.165) is 6.42 Å². The molecule has 4 nitrogen and oxygen atoms in total. The van der Waals surface area contributed by atoms with Crippen molar-refractivity contribution in [2.24, 2.45) is 11.8 Å². The van der Waals surface area contributed by atoms with Gasteiger partial charge in [-0.2, -0.15) is 0 Å². The summed E-state index contributed by atoms with van der Waals surface area (Å²) >= 11 is 0. The first-order valence-corrected chi connectivity index (χ1v) is 4.18. The van der Waals surface area contributed by atoms with Gasteiger partial charge in [0.05, 0.1) is 6.54 Å². The number of imide groups is 1. The first-order chi connectivity index (χ1) is 5.70. The Hall–Kier alpha value is -1.06. The van der Waals surface area contributed by atoms with Crippen LogP contribution in [0.5, 0.6) is 0 Å². The van der Waals surface area contributed by atoms with Gasteiger partial charge in [0.15, 0.2) is 0 Å². The average molecular weight is 169 g/mol. The third kappa shape index (κ3) is 1.07. The number of ether oxygens (including phenoxy) is 1. The van der Waals surface area contributed by atoms with E-state index in [9.17, 15) is 9.59 Å². The Kier molecular flexibility index (Phi) is 1.56. The summed E-state index contributed by atoms with van der Waals surface area (Å²) in [6, 6.07) is 0. The first-order valence-electron chi connectivity index (χ1n) is 4.18. The van der Waals surface area contributed by atoms with Gasteiger partial charge in [0, 0.05) is 5.92 Å². The van der Waals surface area contributed by atoms with Crippen molar-refractivity contribution >= 4 is 12.0 Å². The fourth-order valence-corrected chi connectivity index (χ4v) is 1.46. The Morgan fingerprint density at radius 3 is 2.75 bits per heavy atom. The lowest BCUT2D eigenvalue weighted by Gasteiger charge is -2.08. The number of carbonyl (C=O) groups excluding carboxylic acids is 2. The van der Waals surface area contributed by atoms with E-state index in [4.69, 9.17) is 0 Å². The minimum Gasteiger partial charge on any atom is -0.447 e. The Morgan fingerprint density at radius 1 is 1.67 bits per heavy atom. The molecule has 0 N–H and O–H groups in total. The molecule has 4 heteroatoms. The fourth-order valence-electron chi connectivity index (χ4n) is 1.46. The molecule has 0 spiro atoms. The molecular weight excluding hydrogens is 158 g/mol. The largest absolute Gasteiger partial charge is 0.447 e. The topological polar surface area (TPSA) is 46.6 Å². The molecule has 1 aliphatic carbocycles. The molecule has 66 valence electrons. The van der Waals surface area contributed by atoms with Gasteiger partial charge in [0.1, 0.15) is 6.61 Å². The summed E-state index contributed by atoms with van der Waals surface area (Å²) in [5.41, 5.74) is 0. The molecule has 2 amide bonds. The molecule has 0 aromatic carbocycles. The third-order valence-corrected chi connectivity index (χ3v) is 2.45. The van der Waals surface area contributed by atoms with Gasteiger partial charge in [-0.15, -0.1) is 0 Å². The zero-order valence-corrected chi connectivity index (χ0v) is 6.95. The van der Waals surface area contributed by atoms with E-state index in [1.165, 1.54) is 4.90 Å². The summed E-state index contributed by atoms with van der Waals surface area (Å²) < 4.78 is 4.67. The highest BCUT2D eigenvalue weighted by Gasteiger charge is 2.44. The predicted molar refractivity (Wildman–Crippen MR) is 40.3 cm³/mol. The van der Waals surface area contributed by atoms with E-state index < -0.39 is 6.09 Å². The van der Waals surface area contributed by atoms with E-state index in [1.807, 2.05) is 6.92 Å². The molecular formula is C8H11NO3. The van der Waals surface area contributed by atoms with Gasteiger partial charge in [-0.1, -0.05) is 6.92 Å². The molecule has 2 rings (SSSR count). The molecule has 2 aliphatic rings. The molecule has 0 aromatic rings. The highest BCUT2D eigenvalue weighted by Crippen LogP contribution is 2.39. The second-order valence-electron chi connectivity index (χ2n) is 3.42. The van der Waals surface area contributed by atoms with Crippen LogP contribution in [0, 0.1) is 11.8 Å². The van der Waals surface area contributed by atoms with Crippen LogP contribution in [0.3, 0.4) is 0 Å². The minimum atomic E-state index is -0.473. The van der Waals surface area contributed by atoms with Crippen molar-refractivity contribution in [1.82, 2.24) is 4.90 Å². The maximum atomic E-state index is 11.5. The van der Waals surface area contributed by atoms with Crippen LogP contribution in [-0.4, -0.2) is 30.1 Å². The van der Waals surface area contributed by atoms with Crippen LogP contribution in [-0.2, 0) is 9.53 Å². The Morgan fingerprint density at radius 2 is 2.33 bits per heavy atom. The molecule has 1 saturated heterocycles. The normalized spacial score (nSPS) is 33.4. The Balaban J connectivity index is 2.00. The van der Waals surface area contributed by atoms with Crippen molar-refractivity contribution < 1.29 is 14.3 Å². The average Bonchev–Trinajstić information content (AvgIpc) is 2.59. The molecule has 2 atom stereocenters. The highest BCUT2D eigenvalue weighted by molar-refractivity contribution is 5.95. The van der Waals surface area contributed by atoms with Crippen molar-refractivity contribution in [2.45, 2.75) is 13.3 Å². The van der Waals surface area contributed by atoms with Crippen molar-refractivity contribution in [2.75, 3.05) is 13.2 Å². The van der Waals surface area contributed by atoms with Crippen LogP contribution < -0.4 is 0 Å². The maximum Gasteiger partial charge on any atom is 0.416 e. The minimum absolute atomic E-state index is 0.0509. The number of nitrogens with zero attached hydrogens (tertiary/aromatic N) is 1. The van der Waals surface area contributed by atoms with E-state index in [-0.39, 0.29) is 11.8 Å². The standard InChI is InChI=1S/C8H11NO3/c1-5-4-6(5)7(10)9-2-3-12-8(9)11/h5-6H,2-4H2,1H3. The van der Waals surface area contributed by atoms with Crippen LogP contribution in [0.4, 0.5) is 4.79 Å². The van der Waals surface area contributed by atoms with Gasteiger partial charge in [-0.25, -0.2) is 9.69 Å². The third-order valence-electron chi connectivity index (χ3n) is 2.45. The summed E-state index contributed by atoms with van der Waals surface area (Å²) in [4.78, 5) is 23.6. The summed E-state index contributed by atoms with van der Waals surface area (Å²) in [6.45, 7) is 2.80. The molecule has 1 aliphatic heterocycles. The van der Waals surface area contributed by atoms with Gasteiger partial charge in [-0.3, -0.25) is 4.79 Å². The second kappa shape index (κ2) is 2.47. The Bertz CT molecular complexity index is 238. The molecule has 0 aromatic heterocycles. The van der Waals surface area contributed by atoms with E-state index in [1.54, 1.807) is 0 Å². The van der Waals surface area contributed by atoms with Gasteiger partial charge in [-0.05, 0) is 12.3 Å². The van der Waals surface area contributed by atoms with Gasteiger partial charge >= 0.3 is 6.09 Å². The maximum absolute atomic E-state index is 11.5. The number of amides is 2. The van der Waals surface area contributed by atoms with Crippen LogP contribution >= 0.6 is 0 Å². The smallest absolute Gasteiger partial charge is 0.416 e. The first kappa shape index (κ1) is 7.58. The van der Waals surface area contributed by atoms with Gasteiger partial charge in [0.2, 0.25) is 5.91 Å². The Labute approximate surface area is 70.5 Å². The quantitative estimate of drug-likeness (QED) is 0.578. The van der Waals surface area contributed by atoms with E-state index >= 15 is 0 Å². The number of hydrogen-bond donors (Lipinski definition) is 0. The molecule has 0 radical (unpaired) electrons. The molecule has 2 fully saturated rings. The van der Waals surface area contributed by atoms with Crippen LogP contribution in [0.1, 0.15) is 13.3 Å². The van der Waals surface area contributed by atoms with E-state index in [0.29, 0.717) is 19.1 Å². The highest BCUT2D eigenvalue weighted by atomic mass is 16.6. The molecule has 12 heavy (non-hydrogen) atoms. The SMILES string of the molecule is CC1CC1C(=O)N1CCOC1=O. The zero-order valence-electron chi connectivity index (χ0n) is 6.95. The van der Waals surface area contributed by atoms with Crippen molar-refractivity contribution in [3.63, 3.8) is 0 Å². The lowest BCUT2D eigenvalue weighted by molar-refractivity contribution is -0.129. The van der Waals surface area contributed by atoms with Crippen molar-refractivity contribution in [1.29, 1.82) is 0 Å². The summed E-state index contributed by atoms with van der Waals surface area (Å²) in [5, 5.41) is 0. The summed E-state index contributed by atoms with van der Waals surface area (Å²) in [6.07, 6.45) is 0.446. The number of hydrogen-bond acceptors (Lipinski definition) is 3. The van der Waals surface area contributed by atoms with E-state index in [2.05, 4.69) is 4.74 Å². The molecule has 1 heterocycles. The number of rotatable bonds is 1. The van der Waals surface area contributed by atoms with Crippen LogP contribution in [0.2, 0.25) is 0 Å². The predicted octanol–water partition coefficient (Wildman–Crippen LogP) is 0.621. The zero-order chi connectivity index (χ0) is 8.72. The molecule has 1 saturated carbocycles. The van der Waals surface area contributed by atoms with Crippen molar-refractivity contribution in [3.8, 4) is 0 Å². The van der Waals surface area contributed by atoms with Crippen LogP contribution in [0.15, 0.2) is 0 Å². The number of cyclic esters (lactones) is 1. The lowest BCUT2D eigenvalue weighted by atomic mass is 10.3. The second-order valence-corrected chi connectivity index (χ2v) is 3.42. The van der Waals surface area contributed by atoms with Gasteiger partial charge < -0.3 is 4.74 Å². The molecule has 2 unspecified atom stereocenters. The monoisotopic (exact) mass is 169 g/mol. The summed E-state index contributed by atoms with van der Waals surface area (Å²) in [7, 11) is 0. The van der Waals surface area contributed by atoms with Crippen molar-refractivity contribution in [3.05, 3.63) is 0 Å².